The molecule has 0 bridgehead atoms. The van der Waals surface area contributed by atoms with Crippen LogP contribution in [0.1, 0.15) is 24.1 Å². The van der Waals surface area contributed by atoms with Crippen molar-refractivity contribution in [1.29, 1.82) is 0 Å². The van der Waals surface area contributed by atoms with Crippen LogP contribution in [0.5, 0.6) is 11.5 Å². The highest BCUT2D eigenvalue weighted by Crippen LogP contribution is 2.45. The first-order chi connectivity index (χ1) is 16.5. The Morgan fingerprint density at radius 2 is 1.91 bits per heavy atom. The van der Waals surface area contributed by atoms with E-state index in [-0.39, 0.29) is 17.1 Å². The van der Waals surface area contributed by atoms with Gasteiger partial charge in [-0.1, -0.05) is 23.5 Å². The first-order valence-corrected chi connectivity index (χ1v) is 11.3. The lowest BCUT2D eigenvalue weighted by atomic mass is 9.95. The van der Waals surface area contributed by atoms with Gasteiger partial charge < -0.3 is 14.9 Å². The van der Waals surface area contributed by atoms with E-state index >= 15 is 0 Å². The molecule has 2 N–H and O–H groups in total. The molecule has 1 amide bonds. The first-order valence-electron chi connectivity index (χ1n) is 10.5. The number of hydrogen-bond donors (Lipinski definition) is 2. The highest BCUT2D eigenvalue weighted by atomic mass is 32.1. The van der Waals surface area contributed by atoms with Gasteiger partial charge in [-0.05, 0) is 55.0 Å². The molecule has 3 heterocycles. The Balaban J connectivity index is 1.70. The number of pyridine rings is 1. The summed E-state index contributed by atoms with van der Waals surface area (Å²) >= 11 is 1.24. The van der Waals surface area contributed by atoms with Crippen molar-refractivity contribution in [3.8, 4) is 11.5 Å². The molecule has 1 atom stereocenters. The van der Waals surface area contributed by atoms with Gasteiger partial charge in [0.25, 0.3) is 5.78 Å². The number of fused-ring (bicyclic) bond motifs is 1. The lowest BCUT2D eigenvalue weighted by molar-refractivity contribution is -0.132. The third-order valence-electron chi connectivity index (χ3n) is 5.45. The molecule has 4 aromatic rings. The number of phenolic OH excluding ortho intramolecular Hbond substituents is 1. The molecule has 1 aliphatic rings. The zero-order valence-electron chi connectivity index (χ0n) is 18.0. The van der Waals surface area contributed by atoms with Crippen LogP contribution in [0.2, 0.25) is 0 Å². The van der Waals surface area contributed by atoms with Crippen molar-refractivity contribution in [3.05, 3.63) is 83.7 Å². The number of rotatable bonds is 5. The second-order valence-corrected chi connectivity index (χ2v) is 8.57. The van der Waals surface area contributed by atoms with E-state index in [1.54, 1.807) is 36.4 Å². The Labute approximate surface area is 198 Å². The van der Waals surface area contributed by atoms with Crippen molar-refractivity contribution in [2.24, 2.45) is 0 Å². The fraction of sp³-hybridized carbons (Fsp3) is 0.120. The molecule has 5 rings (SSSR count). The molecule has 2 aromatic carbocycles. The molecule has 34 heavy (non-hydrogen) atoms. The molecule has 0 saturated carbocycles. The number of anilines is 1. The van der Waals surface area contributed by atoms with Crippen LogP contribution in [0.15, 0.2) is 72.6 Å². The summed E-state index contributed by atoms with van der Waals surface area (Å²) in [4.78, 5) is 36.3. The third kappa shape index (κ3) is 3.65. The number of amides is 1. The lowest BCUT2D eigenvalue weighted by Gasteiger charge is -2.23. The summed E-state index contributed by atoms with van der Waals surface area (Å²) in [6.45, 7) is 2.40. The van der Waals surface area contributed by atoms with Gasteiger partial charge in [0, 0.05) is 18.0 Å². The molecule has 8 nitrogen and oxygen atoms in total. The Hall–Kier alpha value is -4.24. The van der Waals surface area contributed by atoms with Gasteiger partial charge in [-0.25, -0.2) is 4.98 Å². The number of benzene rings is 2. The van der Waals surface area contributed by atoms with Gasteiger partial charge in [-0.15, -0.1) is 0 Å². The van der Waals surface area contributed by atoms with E-state index in [9.17, 15) is 19.8 Å². The minimum Gasteiger partial charge on any atom is -0.508 e. The first kappa shape index (κ1) is 21.6. The number of nitrogens with zero attached hydrogens (tertiary/aromatic N) is 3. The highest BCUT2D eigenvalue weighted by Gasteiger charge is 2.48. The monoisotopic (exact) mass is 473 g/mol. The quantitative estimate of drug-likeness (QED) is 0.251. The van der Waals surface area contributed by atoms with Crippen molar-refractivity contribution in [2.75, 3.05) is 11.5 Å². The molecule has 1 saturated heterocycles. The number of hydrogen-bond acceptors (Lipinski definition) is 8. The van der Waals surface area contributed by atoms with Crippen LogP contribution in [-0.4, -0.2) is 38.5 Å². The van der Waals surface area contributed by atoms with Crippen LogP contribution in [0.4, 0.5) is 5.13 Å². The predicted molar refractivity (Wildman–Crippen MR) is 128 cm³/mol. The zero-order chi connectivity index (χ0) is 23.8. The number of aliphatic hydroxyl groups excluding tert-OH is 1. The topological polar surface area (TPSA) is 113 Å². The summed E-state index contributed by atoms with van der Waals surface area (Å²) < 4.78 is 6.34. The summed E-state index contributed by atoms with van der Waals surface area (Å²) in [7, 11) is 0. The summed E-state index contributed by atoms with van der Waals surface area (Å²) in [6, 6.07) is 13.8. The van der Waals surface area contributed by atoms with E-state index in [1.807, 2.05) is 13.0 Å². The second-order valence-electron chi connectivity index (χ2n) is 7.56. The van der Waals surface area contributed by atoms with E-state index in [4.69, 9.17) is 4.74 Å². The summed E-state index contributed by atoms with van der Waals surface area (Å²) in [5.74, 6) is -1.33. The average Bonchev–Trinajstić information content (AvgIpc) is 3.37. The molecule has 0 spiro atoms. The van der Waals surface area contributed by atoms with Gasteiger partial charge >= 0.3 is 5.91 Å². The molecular formula is C25H19N3O5S. The third-order valence-corrected chi connectivity index (χ3v) is 6.47. The maximum absolute atomic E-state index is 13.3. The molecule has 2 aromatic heterocycles. The van der Waals surface area contributed by atoms with E-state index in [1.165, 1.54) is 40.8 Å². The van der Waals surface area contributed by atoms with Crippen LogP contribution < -0.4 is 9.64 Å². The van der Waals surface area contributed by atoms with Crippen molar-refractivity contribution in [2.45, 2.75) is 13.0 Å². The largest absolute Gasteiger partial charge is 0.508 e. The van der Waals surface area contributed by atoms with E-state index in [0.29, 0.717) is 34.1 Å². The van der Waals surface area contributed by atoms with Gasteiger partial charge in [-0.2, -0.15) is 0 Å². The SMILES string of the molecule is CCOc1ccc2nc(N3C(=O)C(=O)C(=C(O)c4ccncc4)C3c3cccc(O)c3)sc2c1. The van der Waals surface area contributed by atoms with Crippen molar-refractivity contribution >= 4 is 44.1 Å². The minimum atomic E-state index is -0.979. The minimum absolute atomic E-state index is 0.0299. The summed E-state index contributed by atoms with van der Waals surface area (Å²) in [5, 5.41) is 21.5. The maximum Gasteiger partial charge on any atom is 0.301 e. The molecule has 170 valence electrons. The lowest BCUT2D eigenvalue weighted by Crippen LogP contribution is -2.29. The van der Waals surface area contributed by atoms with Gasteiger partial charge in [0.15, 0.2) is 5.13 Å². The smallest absolute Gasteiger partial charge is 0.301 e. The van der Waals surface area contributed by atoms with Gasteiger partial charge in [0.2, 0.25) is 0 Å². The molecular weight excluding hydrogens is 454 g/mol. The fourth-order valence-electron chi connectivity index (χ4n) is 3.96. The van der Waals surface area contributed by atoms with Crippen LogP contribution in [0.25, 0.3) is 16.0 Å². The number of aromatic nitrogens is 2. The number of carbonyl (C=O) groups excluding carboxylic acids is 2. The number of ketones is 1. The number of thiazole rings is 1. The van der Waals surface area contributed by atoms with Gasteiger partial charge in [0.1, 0.15) is 17.3 Å². The van der Waals surface area contributed by atoms with Crippen LogP contribution in [0, 0.1) is 0 Å². The van der Waals surface area contributed by atoms with E-state index in [0.717, 1.165) is 4.70 Å². The number of Topliss-reactive ketones (excluding diaryl/α,β-unsaturated/α-hetero) is 1. The number of aromatic hydroxyl groups is 1. The van der Waals surface area contributed by atoms with Gasteiger partial charge in [-0.3, -0.25) is 19.5 Å². The highest BCUT2D eigenvalue weighted by molar-refractivity contribution is 7.22. The van der Waals surface area contributed by atoms with Crippen molar-refractivity contribution < 1.29 is 24.5 Å². The van der Waals surface area contributed by atoms with Crippen LogP contribution in [0.3, 0.4) is 0 Å². The standard InChI is InChI=1S/C25H19N3O5S/c1-2-33-17-6-7-18-19(13-17)34-25(27-18)28-21(15-4-3-5-16(29)12-15)20(23(31)24(28)32)22(30)14-8-10-26-11-9-14/h3-13,21,29-30H,2H2,1H3. The van der Waals surface area contributed by atoms with Crippen LogP contribution in [-0.2, 0) is 9.59 Å². The molecule has 9 heteroatoms. The molecule has 1 unspecified atom stereocenters. The Morgan fingerprint density at radius 3 is 2.65 bits per heavy atom. The molecule has 1 fully saturated rings. The Morgan fingerprint density at radius 1 is 1.12 bits per heavy atom. The van der Waals surface area contributed by atoms with Crippen LogP contribution >= 0.6 is 11.3 Å². The second kappa shape index (κ2) is 8.60. The van der Waals surface area contributed by atoms with Crippen molar-refractivity contribution in [3.63, 3.8) is 0 Å². The number of ether oxygens (including phenoxy) is 1. The van der Waals surface area contributed by atoms with Crippen molar-refractivity contribution in [1.82, 2.24) is 9.97 Å². The predicted octanol–water partition coefficient (Wildman–Crippen LogP) is 4.42. The van der Waals surface area contributed by atoms with E-state index in [2.05, 4.69) is 9.97 Å². The number of phenols is 1. The average molecular weight is 474 g/mol. The molecule has 1 aliphatic heterocycles. The maximum atomic E-state index is 13.3. The fourth-order valence-corrected chi connectivity index (χ4v) is 4.98. The normalized spacial score (nSPS) is 17.4. The molecule has 0 radical (unpaired) electrons. The molecule has 0 aliphatic carbocycles. The van der Waals surface area contributed by atoms with Gasteiger partial charge in [0.05, 0.1) is 28.4 Å². The number of aliphatic hydroxyl groups is 1. The van der Waals surface area contributed by atoms with E-state index < -0.39 is 17.7 Å². The Kier molecular flexibility index (Phi) is 5.46. The number of carbonyl (C=O) groups is 2. The summed E-state index contributed by atoms with van der Waals surface area (Å²) in [6.07, 6.45) is 2.97. The zero-order valence-corrected chi connectivity index (χ0v) is 18.8. The Bertz CT molecular complexity index is 1450. The summed E-state index contributed by atoms with van der Waals surface area (Å²) in [5.41, 5.74) is 1.37.